The smallest absolute Gasteiger partial charge is 0.229 e. The highest BCUT2D eigenvalue weighted by Gasteiger charge is 2.45. The van der Waals surface area contributed by atoms with Crippen molar-refractivity contribution >= 4 is 11.5 Å². The Bertz CT molecular complexity index is 1040. The van der Waals surface area contributed by atoms with Crippen LogP contribution in [0.5, 0.6) is 17.2 Å². The number of aromatic hydroxyl groups is 2. The third kappa shape index (κ3) is 5.52. The second-order valence-electron chi connectivity index (χ2n) is 7.43. The van der Waals surface area contributed by atoms with E-state index < -0.39 is 54.6 Å². The number of carbonyl (C=O) groups is 1. The normalized spacial score (nSPS) is 24.7. The number of benzene rings is 2. The molecular formula is C21H23N3O9. The summed E-state index contributed by atoms with van der Waals surface area (Å²) in [5, 5.41) is 62.9. The average molecular weight is 461 g/mol. The largest absolute Gasteiger partial charge is 0.508 e. The van der Waals surface area contributed by atoms with Crippen molar-refractivity contribution in [3.8, 4) is 17.2 Å². The fourth-order valence-electron chi connectivity index (χ4n) is 3.41. The van der Waals surface area contributed by atoms with E-state index in [1.807, 2.05) is 0 Å². The first-order valence-electron chi connectivity index (χ1n) is 9.95. The number of rotatable bonds is 8. The van der Waals surface area contributed by atoms with Gasteiger partial charge in [-0.1, -0.05) is 29.4 Å². The van der Waals surface area contributed by atoms with Crippen LogP contribution in [0.25, 0.3) is 10.4 Å². The van der Waals surface area contributed by atoms with E-state index in [2.05, 4.69) is 10.0 Å². The van der Waals surface area contributed by atoms with Crippen LogP contribution in [0.3, 0.4) is 0 Å². The van der Waals surface area contributed by atoms with E-state index in [0.717, 1.165) is 17.7 Å². The van der Waals surface area contributed by atoms with Gasteiger partial charge in [0.05, 0.1) is 6.61 Å². The quantitative estimate of drug-likeness (QED) is 0.143. The molecule has 0 radical (unpaired) electrons. The zero-order chi connectivity index (χ0) is 24.1. The molecule has 2 aromatic carbocycles. The molecule has 6 N–H and O–H groups in total. The van der Waals surface area contributed by atoms with Crippen LogP contribution in [0.1, 0.15) is 22.3 Å². The lowest BCUT2D eigenvalue weighted by molar-refractivity contribution is -0.277. The summed E-state index contributed by atoms with van der Waals surface area (Å²) in [6.07, 6.45) is -7.70. The molecule has 1 fully saturated rings. The summed E-state index contributed by atoms with van der Waals surface area (Å²) in [5.74, 6) is -1.87. The number of phenols is 2. The highest BCUT2D eigenvalue weighted by molar-refractivity contribution is 6.01. The van der Waals surface area contributed by atoms with Crippen LogP contribution >= 0.6 is 0 Å². The van der Waals surface area contributed by atoms with Crippen LogP contribution in [0.2, 0.25) is 0 Å². The van der Waals surface area contributed by atoms with Crippen molar-refractivity contribution in [1.29, 1.82) is 0 Å². The van der Waals surface area contributed by atoms with Crippen molar-refractivity contribution < 1.29 is 44.9 Å². The van der Waals surface area contributed by atoms with E-state index in [1.165, 1.54) is 0 Å². The molecule has 0 amide bonds. The average Bonchev–Trinajstić information content (AvgIpc) is 2.78. The van der Waals surface area contributed by atoms with Crippen LogP contribution in [0, 0.1) is 0 Å². The van der Waals surface area contributed by atoms with Crippen molar-refractivity contribution in [2.75, 3.05) is 6.61 Å². The zero-order valence-corrected chi connectivity index (χ0v) is 17.2. The summed E-state index contributed by atoms with van der Waals surface area (Å²) in [7, 11) is 0. The zero-order valence-electron chi connectivity index (χ0n) is 17.2. The molecule has 33 heavy (non-hydrogen) atoms. The number of hydrogen-bond donors (Lipinski definition) is 6. The van der Waals surface area contributed by atoms with Gasteiger partial charge in [-0.15, -0.1) is 0 Å². The molecule has 5 atom stereocenters. The minimum absolute atomic E-state index is 0.0652. The van der Waals surface area contributed by atoms with Gasteiger partial charge in [0.15, 0.2) is 5.78 Å². The van der Waals surface area contributed by atoms with Crippen LogP contribution < -0.4 is 4.74 Å². The van der Waals surface area contributed by atoms with Gasteiger partial charge in [0.25, 0.3) is 0 Å². The van der Waals surface area contributed by atoms with Crippen LogP contribution in [0.15, 0.2) is 41.5 Å². The van der Waals surface area contributed by atoms with E-state index in [1.54, 1.807) is 24.3 Å². The van der Waals surface area contributed by atoms with Crippen LogP contribution in [-0.2, 0) is 11.2 Å². The van der Waals surface area contributed by atoms with Gasteiger partial charge in [0.2, 0.25) is 6.29 Å². The number of nitrogens with zero attached hydrogens (tertiary/aromatic N) is 3. The highest BCUT2D eigenvalue weighted by atomic mass is 16.7. The first kappa shape index (κ1) is 24.3. The molecule has 0 unspecified atom stereocenters. The fraction of sp³-hybridized carbons (Fsp3) is 0.381. The molecule has 0 spiro atoms. The van der Waals surface area contributed by atoms with Crippen molar-refractivity contribution in [3.05, 3.63) is 58.0 Å². The summed E-state index contributed by atoms with van der Waals surface area (Å²) in [6, 6.07) is 8.51. The Balaban J connectivity index is 1.80. The maximum Gasteiger partial charge on any atom is 0.229 e. The molecule has 3 rings (SSSR count). The van der Waals surface area contributed by atoms with E-state index in [9.17, 15) is 35.4 Å². The number of aliphatic hydroxyl groups is 4. The van der Waals surface area contributed by atoms with Crippen molar-refractivity contribution in [2.45, 2.75) is 43.5 Å². The van der Waals surface area contributed by atoms with Gasteiger partial charge in [-0.3, -0.25) is 4.79 Å². The summed E-state index contributed by atoms with van der Waals surface area (Å²) in [4.78, 5) is 15.6. The van der Waals surface area contributed by atoms with Crippen molar-refractivity contribution in [1.82, 2.24) is 0 Å². The molecule has 1 aliphatic heterocycles. The number of hydrogen-bond acceptors (Lipinski definition) is 10. The third-order valence-electron chi connectivity index (χ3n) is 5.17. The molecule has 176 valence electrons. The Morgan fingerprint density at radius 2 is 1.79 bits per heavy atom. The molecule has 12 nitrogen and oxygen atoms in total. The minimum atomic E-state index is -1.75. The summed E-state index contributed by atoms with van der Waals surface area (Å²) < 4.78 is 10.8. The lowest BCUT2D eigenvalue weighted by Gasteiger charge is -2.39. The SMILES string of the molecule is [N-]=[N+]=Nc1ccc(CCC(=O)c2c(O)cc(O)cc2O[C@@H]2O[C@H](CO)[C@@H](O)[C@H](O)[C@H]2O)cc1. The summed E-state index contributed by atoms with van der Waals surface area (Å²) in [6.45, 7) is -0.680. The van der Waals surface area contributed by atoms with Gasteiger partial charge < -0.3 is 40.1 Å². The van der Waals surface area contributed by atoms with Crippen LogP contribution in [-0.4, -0.2) is 73.7 Å². The molecular weight excluding hydrogens is 438 g/mol. The molecule has 12 heteroatoms. The van der Waals surface area contributed by atoms with Crippen molar-refractivity contribution in [3.63, 3.8) is 0 Å². The molecule has 0 saturated carbocycles. The Morgan fingerprint density at radius 1 is 1.09 bits per heavy atom. The Kier molecular flexibility index (Phi) is 7.71. The Hall–Kier alpha value is -3.38. The van der Waals surface area contributed by atoms with E-state index in [-0.39, 0.29) is 24.2 Å². The second-order valence-corrected chi connectivity index (χ2v) is 7.43. The first-order valence-corrected chi connectivity index (χ1v) is 9.95. The highest BCUT2D eigenvalue weighted by Crippen LogP contribution is 2.36. The molecule has 0 bridgehead atoms. The molecule has 0 aromatic heterocycles. The number of aryl methyl sites for hydroxylation is 1. The first-order chi connectivity index (χ1) is 15.7. The Labute approximate surface area is 187 Å². The fourth-order valence-corrected chi connectivity index (χ4v) is 3.41. The Morgan fingerprint density at radius 3 is 2.42 bits per heavy atom. The van der Waals surface area contributed by atoms with Gasteiger partial charge in [0, 0.05) is 29.2 Å². The molecule has 1 saturated heterocycles. The lowest BCUT2D eigenvalue weighted by atomic mass is 9.99. The second kappa shape index (κ2) is 10.5. The molecule has 1 aliphatic rings. The summed E-state index contributed by atoms with van der Waals surface area (Å²) in [5.41, 5.74) is 9.34. The minimum Gasteiger partial charge on any atom is -0.508 e. The van der Waals surface area contributed by atoms with Gasteiger partial charge >= 0.3 is 0 Å². The third-order valence-corrected chi connectivity index (χ3v) is 5.17. The van der Waals surface area contributed by atoms with Gasteiger partial charge in [0.1, 0.15) is 47.2 Å². The van der Waals surface area contributed by atoms with E-state index in [0.29, 0.717) is 5.69 Å². The molecule has 0 aliphatic carbocycles. The number of azide groups is 1. The number of ether oxygens (including phenoxy) is 2. The molecule has 1 heterocycles. The predicted molar refractivity (Wildman–Crippen MR) is 112 cm³/mol. The number of carbonyl (C=O) groups excluding carboxylic acids is 1. The number of ketones is 1. The molecule has 2 aromatic rings. The van der Waals surface area contributed by atoms with Gasteiger partial charge in [-0.05, 0) is 17.5 Å². The maximum atomic E-state index is 12.9. The lowest BCUT2D eigenvalue weighted by Crippen LogP contribution is -2.60. The topological polar surface area (TPSA) is 206 Å². The predicted octanol–water partition coefficient (Wildman–Crippen LogP) is 1.03. The standard InChI is InChI=1S/C21H23N3O9/c22-24-23-11-4-1-10(2-5-11)3-6-13(27)17-14(28)7-12(26)8-15(17)32-21-20(31)19(30)18(29)16(9-25)33-21/h1-2,4-5,7-8,16,18-21,25-26,28-31H,3,6,9H2/t16-,18-,19+,20-,21-/m1/s1. The van der Waals surface area contributed by atoms with Crippen LogP contribution in [0.4, 0.5) is 5.69 Å². The van der Waals surface area contributed by atoms with E-state index >= 15 is 0 Å². The van der Waals surface area contributed by atoms with Gasteiger partial charge in [-0.2, -0.15) is 0 Å². The number of phenolic OH excluding ortho intramolecular Hbond substituents is 2. The monoisotopic (exact) mass is 461 g/mol. The van der Waals surface area contributed by atoms with E-state index in [4.69, 9.17) is 15.0 Å². The number of aliphatic hydroxyl groups excluding tert-OH is 4. The van der Waals surface area contributed by atoms with Crippen molar-refractivity contribution in [2.24, 2.45) is 5.11 Å². The van der Waals surface area contributed by atoms with Gasteiger partial charge in [-0.25, -0.2) is 0 Å². The maximum absolute atomic E-state index is 12.9. The summed E-state index contributed by atoms with van der Waals surface area (Å²) >= 11 is 0. The number of Topliss-reactive ketones (excluding diaryl/α,β-unsaturated/α-hetero) is 1.